The summed E-state index contributed by atoms with van der Waals surface area (Å²) in [5, 5.41) is 10.4. The van der Waals surface area contributed by atoms with Crippen LogP contribution in [0.3, 0.4) is 0 Å². The van der Waals surface area contributed by atoms with Crippen LogP contribution >= 0.6 is 0 Å². The van der Waals surface area contributed by atoms with E-state index in [0.29, 0.717) is 5.69 Å². The number of alkyl halides is 3. The first-order chi connectivity index (χ1) is 13.4. The first-order valence-electron chi connectivity index (χ1n) is 9.77. The first-order valence-corrected chi connectivity index (χ1v) is 9.77. The van der Waals surface area contributed by atoms with E-state index in [2.05, 4.69) is 20.4 Å². The van der Waals surface area contributed by atoms with E-state index in [-0.39, 0.29) is 0 Å². The van der Waals surface area contributed by atoms with E-state index in [1.165, 1.54) is 17.7 Å². The lowest BCUT2D eigenvalue weighted by atomic mass is 10.1. The van der Waals surface area contributed by atoms with Gasteiger partial charge in [0.25, 0.3) is 0 Å². The van der Waals surface area contributed by atoms with Crippen LogP contribution in [0.5, 0.6) is 0 Å². The Morgan fingerprint density at radius 2 is 1.93 bits per heavy atom. The maximum absolute atomic E-state index is 12.9. The van der Waals surface area contributed by atoms with Gasteiger partial charge in [-0.3, -0.25) is 10.00 Å². The van der Waals surface area contributed by atoms with Gasteiger partial charge in [-0.1, -0.05) is 6.07 Å². The number of anilines is 1. The van der Waals surface area contributed by atoms with Crippen molar-refractivity contribution in [2.75, 3.05) is 44.2 Å². The molecule has 8 heteroatoms. The molecule has 0 bridgehead atoms. The number of hydrogen-bond acceptors (Lipinski definition) is 4. The highest BCUT2D eigenvalue weighted by atomic mass is 19.4. The number of nitrogens with zero attached hydrogens (tertiary/aromatic N) is 3. The zero-order valence-corrected chi connectivity index (χ0v) is 16.2. The van der Waals surface area contributed by atoms with E-state index >= 15 is 0 Å². The first kappa shape index (κ1) is 20.7. The van der Waals surface area contributed by atoms with Crippen LogP contribution in [0.25, 0.3) is 0 Å². The molecule has 0 amide bonds. The molecule has 28 heavy (non-hydrogen) atoms. The van der Waals surface area contributed by atoms with Gasteiger partial charge in [0.15, 0.2) is 0 Å². The molecule has 0 radical (unpaired) electrons. The Labute approximate surface area is 163 Å². The summed E-state index contributed by atoms with van der Waals surface area (Å²) in [6, 6.07) is 5.63. The van der Waals surface area contributed by atoms with Crippen molar-refractivity contribution in [3.05, 3.63) is 47.3 Å². The number of benzene rings is 1. The van der Waals surface area contributed by atoms with Crippen LogP contribution in [-0.4, -0.2) is 54.4 Å². The lowest BCUT2D eigenvalue weighted by Gasteiger charge is -2.36. The molecule has 0 aliphatic carbocycles. The minimum absolute atomic E-state index is 0.578. The van der Waals surface area contributed by atoms with Crippen LogP contribution < -0.4 is 10.2 Å². The summed E-state index contributed by atoms with van der Waals surface area (Å²) in [6.07, 6.45) is -0.222. The highest BCUT2D eigenvalue weighted by Gasteiger charge is 2.31. The Kier molecular flexibility index (Phi) is 6.96. The van der Waals surface area contributed by atoms with E-state index in [0.717, 1.165) is 70.4 Å². The van der Waals surface area contributed by atoms with Gasteiger partial charge in [-0.2, -0.15) is 18.3 Å². The molecule has 5 nitrogen and oxygen atoms in total. The number of H-pyrrole nitrogens is 1. The van der Waals surface area contributed by atoms with E-state index in [1.807, 2.05) is 18.0 Å². The van der Waals surface area contributed by atoms with Gasteiger partial charge in [-0.15, -0.1) is 0 Å². The zero-order chi connectivity index (χ0) is 20.0. The van der Waals surface area contributed by atoms with Crippen LogP contribution in [0.4, 0.5) is 18.9 Å². The molecule has 0 unspecified atom stereocenters. The monoisotopic (exact) mass is 395 g/mol. The summed E-state index contributed by atoms with van der Waals surface area (Å²) in [7, 11) is 0. The Bertz CT molecular complexity index is 735. The third-order valence-corrected chi connectivity index (χ3v) is 5.24. The van der Waals surface area contributed by atoms with Crippen LogP contribution in [0.1, 0.15) is 29.7 Å². The van der Waals surface area contributed by atoms with Crippen LogP contribution in [0.15, 0.2) is 30.5 Å². The second-order valence-corrected chi connectivity index (χ2v) is 7.28. The number of unbranched alkanes of at least 4 members (excludes halogenated alkanes) is 1. The Hall–Kier alpha value is -2.06. The van der Waals surface area contributed by atoms with Crippen LogP contribution in [-0.2, 0) is 12.7 Å². The van der Waals surface area contributed by atoms with Gasteiger partial charge < -0.3 is 10.2 Å². The van der Waals surface area contributed by atoms with E-state index < -0.39 is 11.7 Å². The van der Waals surface area contributed by atoms with Crippen molar-refractivity contribution >= 4 is 5.69 Å². The van der Waals surface area contributed by atoms with Gasteiger partial charge >= 0.3 is 6.18 Å². The highest BCUT2D eigenvalue weighted by molar-refractivity contribution is 5.49. The summed E-state index contributed by atoms with van der Waals surface area (Å²) in [4.78, 5) is 4.44. The molecule has 2 aromatic rings. The molecule has 1 aliphatic rings. The molecule has 0 saturated carbocycles. The predicted octanol–water partition coefficient (Wildman–Crippen LogP) is 3.43. The molecule has 2 N–H and O–H groups in total. The molecule has 1 aliphatic heterocycles. The van der Waals surface area contributed by atoms with Crippen molar-refractivity contribution in [3.8, 4) is 0 Å². The minimum atomic E-state index is -4.29. The lowest BCUT2D eigenvalue weighted by molar-refractivity contribution is -0.137. The molecule has 1 aromatic carbocycles. The number of aromatic nitrogens is 2. The Morgan fingerprint density at radius 1 is 1.14 bits per heavy atom. The molecule has 0 spiro atoms. The fraction of sp³-hybridized carbons (Fsp3) is 0.550. The van der Waals surface area contributed by atoms with Crippen molar-refractivity contribution in [2.45, 2.75) is 32.5 Å². The average molecular weight is 395 g/mol. The van der Waals surface area contributed by atoms with Crippen molar-refractivity contribution in [1.29, 1.82) is 0 Å². The Morgan fingerprint density at radius 3 is 2.61 bits per heavy atom. The van der Waals surface area contributed by atoms with Gasteiger partial charge in [0.05, 0.1) is 11.8 Å². The largest absolute Gasteiger partial charge is 0.416 e. The maximum atomic E-state index is 12.9. The maximum Gasteiger partial charge on any atom is 0.416 e. The standard InChI is InChI=1S/C20H28F3N5/c1-16-17(15-25-26-16)14-24-7-2-3-8-27-9-11-28(12-10-27)19-6-4-5-18(13-19)20(21,22)23/h4-6,13,15,24H,2-3,7-12,14H2,1H3,(H,25,26). The predicted molar refractivity (Wildman–Crippen MR) is 104 cm³/mol. The highest BCUT2D eigenvalue weighted by Crippen LogP contribution is 2.31. The zero-order valence-electron chi connectivity index (χ0n) is 16.2. The number of aryl methyl sites for hydroxylation is 1. The SMILES string of the molecule is Cc1[nH]ncc1CNCCCCN1CCN(c2cccc(C(F)(F)F)c2)CC1. The molecule has 154 valence electrons. The fourth-order valence-corrected chi connectivity index (χ4v) is 3.47. The second-order valence-electron chi connectivity index (χ2n) is 7.28. The van der Waals surface area contributed by atoms with Gasteiger partial charge in [-0.25, -0.2) is 0 Å². The summed E-state index contributed by atoms with van der Waals surface area (Å²) in [5.74, 6) is 0. The molecular formula is C20H28F3N5. The molecule has 2 heterocycles. The summed E-state index contributed by atoms with van der Waals surface area (Å²) >= 11 is 0. The summed E-state index contributed by atoms with van der Waals surface area (Å²) in [5.41, 5.74) is 2.38. The number of aromatic amines is 1. The normalized spacial score (nSPS) is 15.9. The topological polar surface area (TPSA) is 47.2 Å². The Balaban J connectivity index is 1.33. The second kappa shape index (κ2) is 9.43. The third kappa shape index (κ3) is 5.72. The van der Waals surface area contributed by atoms with Gasteiger partial charge in [-0.05, 0) is 51.1 Å². The number of nitrogens with one attached hydrogen (secondary N) is 2. The van der Waals surface area contributed by atoms with Crippen molar-refractivity contribution in [1.82, 2.24) is 20.4 Å². The van der Waals surface area contributed by atoms with Crippen LogP contribution in [0, 0.1) is 6.92 Å². The third-order valence-electron chi connectivity index (χ3n) is 5.24. The number of piperazine rings is 1. The number of rotatable bonds is 8. The van der Waals surface area contributed by atoms with Crippen molar-refractivity contribution in [3.63, 3.8) is 0 Å². The van der Waals surface area contributed by atoms with Gasteiger partial charge in [0.1, 0.15) is 0 Å². The quantitative estimate of drug-likeness (QED) is 0.673. The molecule has 1 saturated heterocycles. The van der Waals surface area contributed by atoms with E-state index in [1.54, 1.807) is 6.07 Å². The van der Waals surface area contributed by atoms with Crippen molar-refractivity contribution in [2.24, 2.45) is 0 Å². The molecule has 3 rings (SSSR count). The summed E-state index contributed by atoms with van der Waals surface area (Å²) in [6.45, 7) is 8.15. The number of hydrogen-bond donors (Lipinski definition) is 2. The smallest absolute Gasteiger partial charge is 0.369 e. The molecule has 0 atom stereocenters. The van der Waals surface area contributed by atoms with E-state index in [9.17, 15) is 13.2 Å². The minimum Gasteiger partial charge on any atom is -0.369 e. The lowest BCUT2D eigenvalue weighted by Crippen LogP contribution is -2.46. The van der Waals surface area contributed by atoms with Gasteiger partial charge in [0.2, 0.25) is 0 Å². The van der Waals surface area contributed by atoms with Gasteiger partial charge in [0, 0.05) is 49.7 Å². The van der Waals surface area contributed by atoms with Crippen molar-refractivity contribution < 1.29 is 13.2 Å². The van der Waals surface area contributed by atoms with Crippen LogP contribution in [0.2, 0.25) is 0 Å². The molecular weight excluding hydrogens is 367 g/mol. The molecule has 1 aromatic heterocycles. The fourth-order valence-electron chi connectivity index (χ4n) is 3.47. The van der Waals surface area contributed by atoms with E-state index in [4.69, 9.17) is 0 Å². The average Bonchev–Trinajstić information content (AvgIpc) is 3.09. The number of halogens is 3. The summed E-state index contributed by atoms with van der Waals surface area (Å²) < 4.78 is 38.7. The molecule has 1 fully saturated rings.